The molecule has 0 bridgehead atoms. The Kier molecular flexibility index (Phi) is 11.6. The van der Waals surface area contributed by atoms with E-state index in [1.165, 1.54) is 0 Å². The van der Waals surface area contributed by atoms with Crippen molar-refractivity contribution in [1.29, 1.82) is 0 Å². The van der Waals surface area contributed by atoms with Crippen LogP contribution in [0.1, 0.15) is 0 Å². The van der Waals surface area contributed by atoms with Gasteiger partial charge >= 0.3 is 0 Å². The Morgan fingerprint density at radius 1 is 0.224 bits per heavy atom. The lowest BCUT2D eigenvalue weighted by atomic mass is 10.0. The molecule has 0 fully saturated rings. The van der Waals surface area contributed by atoms with E-state index in [0.29, 0.717) is 5.82 Å². The first-order chi connectivity index (χ1) is 48.7. The van der Waals surface area contributed by atoms with E-state index < -0.39 is 0 Å². The number of aromatic nitrogens is 9. The summed E-state index contributed by atoms with van der Waals surface area (Å²) in [6, 6.07) is 124. The van der Waals surface area contributed by atoms with Crippen LogP contribution >= 0.6 is 0 Å². The molecule has 0 aliphatic carbocycles. The predicted octanol–water partition coefficient (Wildman–Crippen LogP) is 21.5. The molecule has 0 aliphatic rings. The summed E-state index contributed by atoms with van der Waals surface area (Å²) in [7, 11) is 0. The zero-order valence-electron chi connectivity index (χ0n) is 52.9. The summed E-state index contributed by atoms with van der Waals surface area (Å²) in [6.07, 6.45) is 0. The quantitative estimate of drug-likeness (QED) is 0.135. The van der Waals surface area contributed by atoms with Crippen molar-refractivity contribution in [1.82, 2.24) is 37.5 Å². The van der Waals surface area contributed by atoms with Gasteiger partial charge in [0.1, 0.15) is 39.0 Å². The third-order valence-corrected chi connectivity index (χ3v) is 20.2. The summed E-state index contributed by atoms with van der Waals surface area (Å²) < 4.78 is 18.0. The summed E-state index contributed by atoms with van der Waals surface area (Å²) in [5.74, 6) is 2.33. The van der Waals surface area contributed by atoms with Crippen molar-refractivity contribution in [2.24, 2.45) is 0 Å². The van der Waals surface area contributed by atoms with E-state index in [0.717, 1.165) is 177 Å². The average Bonchev–Trinajstić information content (AvgIpc) is 1.43. The summed E-state index contributed by atoms with van der Waals surface area (Å²) >= 11 is 0. The second-order valence-electron chi connectivity index (χ2n) is 25.4. The van der Waals surface area contributed by atoms with Gasteiger partial charge in [0, 0.05) is 70.7 Å². The molecule has 0 radical (unpaired) electrons. The van der Waals surface area contributed by atoms with Crippen LogP contribution in [-0.4, -0.2) is 37.5 Å². The van der Waals surface area contributed by atoms with E-state index in [4.69, 9.17) is 9.97 Å². The van der Waals surface area contributed by atoms with Crippen molar-refractivity contribution in [2.75, 3.05) is 0 Å². The standard InChI is InChI=1S/C89H56N9/c1-4-30-57(31-5-1)70-56-71(91-87(90-70)58-32-6-2-7-33-58)82-85(93-72-46-20-10-36-60(72)61-37-11-21-47-73(61)93)88(95-76-50-24-14-40-64(76)65-41-15-25-51-77(65)95)98(97-81-55-29-19-45-69(81)83-84(97)68-44-18-28-54-80(68)92(83)59-34-8-3-9-35-59)89(96-78-52-26-16-42-66(78)67-43-17-27-53-79(67)96)86(82)94-74-48-22-12-38-62(74)63-39-13-23-49-75(63)94/h1-56H/q+1. The molecule has 8 heterocycles. The molecule has 456 valence electrons. The highest BCUT2D eigenvalue weighted by Gasteiger charge is 2.42. The number of hydrogen-bond donors (Lipinski definition) is 0. The minimum absolute atomic E-state index is 0.601. The molecule has 13 aromatic carbocycles. The molecule has 0 atom stereocenters. The number of nitrogens with zero attached hydrogens (tertiary/aromatic N) is 9. The highest BCUT2D eigenvalue weighted by atomic mass is 15.5. The molecule has 21 aromatic rings. The van der Waals surface area contributed by atoms with Crippen LogP contribution in [0.3, 0.4) is 0 Å². The molecule has 0 aliphatic heterocycles. The van der Waals surface area contributed by atoms with Crippen LogP contribution in [0.4, 0.5) is 0 Å². The molecule has 0 unspecified atom stereocenters. The third kappa shape index (κ3) is 7.63. The van der Waals surface area contributed by atoms with Gasteiger partial charge in [0.05, 0.1) is 55.6 Å². The Morgan fingerprint density at radius 2 is 0.510 bits per heavy atom. The molecule has 9 nitrogen and oxygen atoms in total. The number of benzene rings is 13. The van der Waals surface area contributed by atoms with Crippen LogP contribution in [0.15, 0.2) is 340 Å². The summed E-state index contributed by atoms with van der Waals surface area (Å²) in [5.41, 5.74) is 19.6. The van der Waals surface area contributed by atoms with E-state index in [-0.39, 0.29) is 0 Å². The molecule has 21 rings (SSSR count). The fourth-order valence-corrected chi connectivity index (χ4v) is 16.3. The molecule has 0 amide bonds. The van der Waals surface area contributed by atoms with Crippen molar-refractivity contribution < 1.29 is 4.68 Å². The van der Waals surface area contributed by atoms with Gasteiger partial charge in [-0.3, -0.25) is 0 Å². The zero-order valence-corrected chi connectivity index (χ0v) is 52.9. The molecule has 0 spiro atoms. The predicted molar refractivity (Wildman–Crippen MR) is 403 cm³/mol. The maximum Gasteiger partial charge on any atom is 0.282 e. The first kappa shape index (κ1) is 54.1. The van der Waals surface area contributed by atoms with Crippen molar-refractivity contribution in [3.8, 4) is 62.6 Å². The smallest absolute Gasteiger partial charge is 0.282 e. The normalized spacial score (nSPS) is 12.1. The van der Waals surface area contributed by atoms with Gasteiger partial charge in [0.2, 0.25) is 0 Å². The van der Waals surface area contributed by atoms with Gasteiger partial charge in [0.25, 0.3) is 11.6 Å². The number of pyridine rings is 1. The Hall–Kier alpha value is -13.4. The second kappa shape index (κ2) is 21.1. The van der Waals surface area contributed by atoms with Crippen molar-refractivity contribution in [2.45, 2.75) is 0 Å². The lowest BCUT2D eigenvalue weighted by molar-refractivity contribution is -0.708. The van der Waals surface area contributed by atoms with E-state index in [1.807, 2.05) is 0 Å². The Morgan fingerprint density at radius 3 is 0.898 bits per heavy atom. The highest BCUT2D eigenvalue weighted by Crippen LogP contribution is 2.50. The van der Waals surface area contributed by atoms with Crippen LogP contribution in [0.25, 0.3) is 183 Å². The lowest BCUT2D eigenvalue weighted by Gasteiger charge is -2.28. The van der Waals surface area contributed by atoms with Gasteiger partial charge in [0.15, 0.2) is 5.82 Å². The molecule has 98 heavy (non-hydrogen) atoms. The minimum atomic E-state index is 0.601. The van der Waals surface area contributed by atoms with E-state index in [1.54, 1.807) is 0 Å². The minimum Gasteiger partial charge on any atom is -0.307 e. The lowest BCUT2D eigenvalue weighted by Crippen LogP contribution is -2.51. The Bertz CT molecular complexity index is 6330. The van der Waals surface area contributed by atoms with Crippen LogP contribution in [0.2, 0.25) is 0 Å². The number of hydrogen-bond acceptors (Lipinski definition) is 2. The summed E-state index contributed by atoms with van der Waals surface area (Å²) in [6.45, 7) is 0. The van der Waals surface area contributed by atoms with Gasteiger partial charge in [-0.15, -0.1) is 4.68 Å². The Balaban J connectivity index is 1.16. The van der Waals surface area contributed by atoms with Crippen LogP contribution in [0, 0.1) is 0 Å². The van der Waals surface area contributed by atoms with E-state index in [9.17, 15) is 0 Å². The molecule has 0 saturated carbocycles. The van der Waals surface area contributed by atoms with Crippen LogP contribution in [0.5, 0.6) is 0 Å². The molecule has 0 saturated heterocycles. The first-order valence-electron chi connectivity index (χ1n) is 33.4. The summed E-state index contributed by atoms with van der Waals surface area (Å²) in [5, 5.41) is 11.2. The zero-order chi connectivity index (χ0) is 64.1. The van der Waals surface area contributed by atoms with Gasteiger partial charge in [-0.2, -0.15) is 4.68 Å². The maximum absolute atomic E-state index is 6.15. The molecular weight excluding hydrogens is 1200 g/mol. The van der Waals surface area contributed by atoms with Gasteiger partial charge < -0.3 is 13.7 Å². The molecule has 9 heteroatoms. The van der Waals surface area contributed by atoms with Crippen molar-refractivity contribution in [3.63, 3.8) is 0 Å². The fourth-order valence-electron chi connectivity index (χ4n) is 16.3. The van der Waals surface area contributed by atoms with Gasteiger partial charge in [-0.1, -0.05) is 261 Å². The number of para-hydroxylation sites is 11. The molecule has 8 aromatic heterocycles. The maximum atomic E-state index is 6.15. The fraction of sp³-hybridized carbons (Fsp3) is 0. The van der Waals surface area contributed by atoms with Crippen LogP contribution < -0.4 is 4.68 Å². The van der Waals surface area contributed by atoms with Gasteiger partial charge in [-0.05, 0) is 78.9 Å². The summed E-state index contributed by atoms with van der Waals surface area (Å²) in [4.78, 5) is 11.8. The highest BCUT2D eigenvalue weighted by molar-refractivity contribution is 6.20. The molecular formula is C89H56N9+. The monoisotopic (exact) mass is 1250 g/mol. The third-order valence-electron chi connectivity index (χ3n) is 20.2. The van der Waals surface area contributed by atoms with Crippen molar-refractivity contribution >= 4 is 120 Å². The number of rotatable bonds is 9. The molecule has 0 N–H and O–H groups in total. The van der Waals surface area contributed by atoms with E-state index >= 15 is 0 Å². The van der Waals surface area contributed by atoms with E-state index in [2.05, 4.69) is 372 Å². The SMILES string of the molecule is c1ccc(-c2cc(-c3c(-n4c5ccccc5c5ccccc54)c(-n4c5ccccc5c5ccccc54)[n+](-n4c5ccccc5c5c4c4ccccc4n5-c4ccccc4)c(-n4c5ccccc5c5ccccc54)c3-n3c4ccccc4c4ccccc43)nc(-c3ccccc3)n2)cc1. The van der Waals surface area contributed by atoms with Gasteiger partial charge in [-0.25, -0.2) is 19.1 Å². The van der Waals surface area contributed by atoms with Crippen molar-refractivity contribution in [3.05, 3.63) is 340 Å². The average molecular weight is 1250 g/mol. The number of fused-ring (bicyclic) bond motifs is 17. The Labute approximate surface area is 561 Å². The first-order valence-corrected chi connectivity index (χ1v) is 33.4. The topological polar surface area (TPSA) is 59.2 Å². The largest absolute Gasteiger partial charge is 0.307 e. The second-order valence-corrected chi connectivity index (χ2v) is 25.4. The van der Waals surface area contributed by atoms with Crippen LogP contribution in [-0.2, 0) is 0 Å².